The number of nitrogens with zero attached hydrogens (tertiary/aromatic N) is 1. The van der Waals surface area contributed by atoms with Gasteiger partial charge in [0, 0.05) is 17.9 Å². The topological polar surface area (TPSA) is 33.6 Å². The summed E-state index contributed by atoms with van der Waals surface area (Å²) in [7, 11) is 0. The summed E-state index contributed by atoms with van der Waals surface area (Å²) in [5, 5.41) is 5.29. The zero-order valence-corrected chi connectivity index (χ0v) is 10.3. The molecular weight excluding hydrogens is 208 g/mol. The minimum absolute atomic E-state index is 0.370. The van der Waals surface area contributed by atoms with E-state index in [-0.39, 0.29) is 0 Å². The third-order valence-corrected chi connectivity index (χ3v) is 4.07. The molecule has 1 saturated carbocycles. The van der Waals surface area contributed by atoms with Gasteiger partial charge in [-0.1, -0.05) is 11.8 Å². The molecule has 1 heterocycles. The number of thioether (sulfide) groups is 1. The molecular formula is C11H20N2OS. The van der Waals surface area contributed by atoms with E-state index >= 15 is 0 Å². The fourth-order valence-electron chi connectivity index (χ4n) is 1.73. The average molecular weight is 228 g/mol. The first-order valence-electron chi connectivity index (χ1n) is 5.85. The summed E-state index contributed by atoms with van der Waals surface area (Å²) in [5.41, 5.74) is 0. The molecule has 0 radical (unpaired) electrons. The summed E-state index contributed by atoms with van der Waals surface area (Å²) >= 11 is 1.93. The molecule has 1 N–H and O–H groups in total. The van der Waals surface area contributed by atoms with Gasteiger partial charge in [0.2, 0.25) is 0 Å². The summed E-state index contributed by atoms with van der Waals surface area (Å²) in [5.74, 6) is 0.945. The number of ether oxygens (including phenoxy) is 1. The van der Waals surface area contributed by atoms with Gasteiger partial charge in [0.1, 0.15) is 0 Å². The van der Waals surface area contributed by atoms with Crippen LogP contribution in [-0.4, -0.2) is 36.2 Å². The van der Waals surface area contributed by atoms with Crippen LogP contribution in [0.15, 0.2) is 4.99 Å². The van der Waals surface area contributed by atoms with E-state index < -0.39 is 0 Å². The van der Waals surface area contributed by atoms with Crippen LogP contribution in [-0.2, 0) is 4.74 Å². The predicted molar refractivity (Wildman–Crippen MR) is 65.5 cm³/mol. The molecule has 0 bridgehead atoms. The third kappa shape index (κ3) is 3.38. The van der Waals surface area contributed by atoms with E-state index in [0.29, 0.717) is 6.04 Å². The molecule has 0 spiro atoms. The highest BCUT2D eigenvalue weighted by molar-refractivity contribution is 8.14. The second-order valence-electron chi connectivity index (χ2n) is 4.34. The molecule has 0 aromatic rings. The number of hydrogen-bond donors (Lipinski definition) is 1. The number of aliphatic imine (C=N–C) groups is 1. The van der Waals surface area contributed by atoms with Gasteiger partial charge in [-0.15, -0.1) is 0 Å². The standard InChI is InChI=1S/C11H20N2OS/c1-3-14-7-8(2)13-11-12-6-10(15-11)9-4-5-9/h8-10H,3-7H2,1-2H3,(H,12,13). The van der Waals surface area contributed by atoms with E-state index in [0.717, 1.165) is 36.1 Å². The summed E-state index contributed by atoms with van der Waals surface area (Å²) in [6.45, 7) is 6.74. The van der Waals surface area contributed by atoms with Gasteiger partial charge in [0.25, 0.3) is 0 Å². The molecule has 1 fully saturated rings. The van der Waals surface area contributed by atoms with Crippen LogP contribution in [0.2, 0.25) is 0 Å². The number of rotatable bonds is 5. The summed E-state index contributed by atoms with van der Waals surface area (Å²) < 4.78 is 5.37. The van der Waals surface area contributed by atoms with E-state index in [2.05, 4.69) is 17.2 Å². The number of amidine groups is 1. The van der Waals surface area contributed by atoms with Crippen molar-refractivity contribution in [3.8, 4) is 0 Å². The largest absolute Gasteiger partial charge is 0.380 e. The van der Waals surface area contributed by atoms with Crippen molar-refractivity contribution in [2.45, 2.75) is 38.0 Å². The minimum Gasteiger partial charge on any atom is -0.380 e. The first kappa shape index (κ1) is 11.3. The maximum Gasteiger partial charge on any atom is 0.157 e. The second kappa shape index (κ2) is 5.21. The van der Waals surface area contributed by atoms with Gasteiger partial charge in [-0.3, -0.25) is 4.99 Å². The first-order chi connectivity index (χ1) is 7.29. The van der Waals surface area contributed by atoms with Gasteiger partial charge in [-0.2, -0.15) is 0 Å². The van der Waals surface area contributed by atoms with Crippen molar-refractivity contribution < 1.29 is 4.74 Å². The van der Waals surface area contributed by atoms with E-state index in [9.17, 15) is 0 Å². The lowest BCUT2D eigenvalue weighted by atomic mass is 10.3. The zero-order chi connectivity index (χ0) is 10.7. The smallest absolute Gasteiger partial charge is 0.157 e. The van der Waals surface area contributed by atoms with E-state index in [1.54, 1.807) is 0 Å². The normalized spacial score (nSPS) is 27.6. The Hall–Kier alpha value is -0.220. The van der Waals surface area contributed by atoms with Gasteiger partial charge in [-0.25, -0.2) is 0 Å². The molecule has 0 saturated heterocycles. The fourth-order valence-corrected chi connectivity index (χ4v) is 3.05. The van der Waals surface area contributed by atoms with Gasteiger partial charge >= 0.3 is 0 Å². The van der Waals surface area contributed by atoms with Gasteiger partial charge in [0.15, 0.2) is 5.17 Å². The van der Waals surface area contributed by atoms with Gasteiger partial charge in [0.05, 0.1) is 13.2 Å². The van der Waals surface area contributed by atoms with Crippen molar-refractivity contribution in [2.24, 2.45) is 10.9 Å². The Balaban J connectivity index is 1.66. The molecule has 1 aliphatic heterocycles. The lowest BCUT2D eigenvalue weighted by molar-refractivity contribution is 0.133. The highest BCUT2D eigenvalue weighted by Gasteiger charge is 2.35. The van der Waals surface area contributed by atoms with Crippen LogP contribution < -0.4 is 5.32 Å². The first-order valence-corrected chi connectivity index (χ1v) is 6.73. The highest BCUT2D eigenvalue weighted by atomic mass is 32.2. The quantitative estimate of drug-likeness (QED) is 0.780. The van der Waals surface area contributed by atoms with Crippen molar-refractivity contribution in [2.75, 3.05) is 19.8 Å². The van der Waals surface area contributed by atoms with Crippen LogP contribution >= 0.6 is 11.8 Å². The van der Waals surface area contributed by atoms with Crippen LogP contribution in [0.25, 0.3) is 0 Å². The summed E-state index contributed by atoms with van der Waals surface area (Å²) in [6, 6.07) is 0.370. The minimum atomic E-state index is 0.370. The molecule has 2 atom stereocenters. The Morgan fingerprint density at radius 3 is 3.07 bits per heavy atom. The lowest BCUT2D eigenvalue weighted by Crippen LogP contribution is -2.33. The SMILES string of the molecule is CCOCC(C)NC1=NCC(C2CC2)S1. The molecule has 0 amide bonds. The van der Waals surface area contributed by atoms with Gasteiger partial charge < -0.3 is 10.1 Å². The Labute approximate surface area is 96.1 Å². The average Bonchev–Trinajstić information content (AvgIpc) is 2.98. The predicted octanol–water partition coefficient (Wildman–Crippen LogP) is 1.88. The number of hydrogen-bond acceptors (Lipinski definition) is 4. The zero-order valence-electron chi connectivity index (χ0n) is 9.53. The molecule has 1 aliphatic carbocycles. The van der Waals surface area contributed by atoms with Crippen LogP contribution in [0.5, 0.6) is 0 Å². The summed E-state index contributed by atoms with van der Waals surface area (Å²) in [4.78, 5) is 4.54. The van der Waals surface area contributed by atoms with Crippen molar-refractivity contribution >= 4 is 16.9 Å². The Morgan fingerprint density at radius 1 is 1.60 bits per heavy atom. The molecule has 2 unspecified atom stereocenters. The van der Waals surface area contributed by atoms with E-state index in [1.165, 1.54) is 12.8 Å². The van der Waals surface area contributed by atoms with Gasteiger partial charge in [-0.05, 0) is 32.6 Å². The summed E-state index contributed by atoms with van der Waals surface area (Å²) in [6.07, 6.45) is 2.82. The second-order valence-corrected chi connectivity index (χ2v) is 5.57. The molecule has 86 valence electrons. The monoisotopic (exact) mass is 228 g/mol. The number of nitrogens with one attached hydrogen (secondary N) is 1. The molecule has 2 rings (SSSR count). The van der Waals surface area contributed by atoms with Crippen molar-refractivity contribution in [3.05, 3.63) is 0 Å². The molecule has 0 aromatic heterocycles. The third-order valence-electron chi connectivity index (χ3n) is 2.77. The maximum absolute atomic E-state index is 5.37. The van der Waals surface area contributed by atoms with Crippen LogP contribution in [0, 0.1) is 5.92 Å². The van der Waals surface area contributed by atoms with E-state index in [1.807, 2.05) is 18.7 Å². The van der Waals surface area contributed by atoms with E-state index in [4.69, 9.17) is 4.74 Å². The Kier molecular flexibility index (Phi) is 3.92. The van der Waals surface area contributed by atoms with Crippen LogP contribution in [0.1, 0.15) is 26.7 Å². The fraction of sp³-hybridized carbons (Fsp3) is 0.909. The highest BCUT2D eigenvalue weighted by Crippen LogP contribution is 2.41. The van der Waals surface area contributed by atoms with Crippen LogP contribution in [0.4, 0.5) is 0 Å². The van der Waals surface area contributed by atoms with Crippen LogP contribution in [0.3, 0.4) is 0 Å². The van der Waals surface area contributed by atoms with Crippen molar-refractivity contribution in [1.82, 2.24) is 5.32 Å². The Morgan fingerprint density at radius 2 is 2.40 bits per heavy atom. The van der Waals surface area contributed by atoms with Crippen molar-refractivity contribution in [3.63, 3.8) is 0 Å². The molecule has 4 heteroatoms. The molecule has 3 nitrogen and oxygen atoms in total. The van der Waals surface area contributed by atoms with Crippen molar-refractivity contribution in [1.29, 1.82) is 0 Å². The lowest BCUT2D eigenvalue weighted by Gasteiger charge is -2.14. The maximum atomic E-state index is 5.37. The molecule has 15 heavy (non-hydrogen) atoms. The Bertz CT molecular complexity index is 241. The molecule has 2 aliphatic rings. The molecule has 0 aromatic carbocycles.